The summed E-state index contributed by atoms with van der Waals surface area (Å²) < 4.78 is 0. The maximum Gasteiger partial charge on any atom is 0.0642 e. The lowest BCUT2D eigenvalue weighted by atomic mass is 10.1. The summed E-state index contributed by atoms with van der Waals surface area (Å²) in [5, 5.41) is 0.853. The minimum atomic E-state index is 0.534. The van der Waals surface area contributed by atoms with Crippen molar-refractivity contribution >= 4 is 28.9 Å². The van der Waals surface area contributed by atoms with Gasteiger partial charge in [0.1, 0.15) is 0 Å². The Hall–Kier alpha value is -0.400. The third-order valence-corrected chi connectivity index (χ3v) is 4.50. The van der Waals surface area contributed by atoms with Crippen molar-refractivity contribution in [2.75, 3.05) is 11.4 Å². The van der Waals surface area contributed by atoms with E-state index in [2.05, 4.69) is 17.0 Å². The van der Waals surface area contributed by atoms with E-state index in [0.29, 0.717) is 5.88 Å². The molecule has 1 saturated carbocycles. The van der Waals surface area contributed by atoms with Crippen LogP contribution in [-0.2, 0) is 5.88 Å². The maximum atomic E-state index is 6.33. The van der Waals surface area contributed by atoms with Gasteiger partial charge in [-0.3, -0.25) is 0 Å². The molecule has 1 aliphatic heterocycles. The molecule has 2 fully saturated rings. The molecule has 1 saturated heterocycles. The van der Waals surface area contributed by atoms with E-state index in [1.165, 1.54) is 31.5 Å². The highest BCUT2D eigenvalue weighted by Crippen LogP contribution is 2.42. The Labute approximate surface area is 106 Å². The van der Waals surface area contributed by atoms with E-state index >= 15 is 0 Å². The van der Waals surface area contributed by atoms with E-state index in [4.69, 9.17) is 23.2 Å². The highest BCUT2D eigenvalue weighted by molar-refractivity contribution is 6.33. The molecule has 0 N–H and O–H groups in total. The van der Waals surface area contributed by atoms with Gasteiger partial charge >= 0.3 is 0 Å². The zero-order chi connectivity index (χ0) is 11.1. The first-order chi connectivity index (χ1) is 7.78. The van der Waals surface area contributed by atoms with Gasteiger partial charge < -0.3 is 4.90 Å². The second-order valence-corrected chi connectivity index (χ2v) is 5.58. The van der Waals surface area contributed by atoms with Gasteiger partial charge in [-0.25, -0.2) is 0 Å². The van der Waals surface area contributed by atoms with Crippen LogP contribution in [0.4, 0.5) is 5.69 Å². The van der Waals surface area contributed by atoms with Crippen LogP contribution in [0.2, 0.25) is 5.02 Å². The van der Waals surface area contributed by atoms with Crippen LogP contribution in [0.3, 0.4) is 0 Å². The molecule has 1 aromatic carbocycles. The Kier molecular flexibility index (Phi) is 2.76. The maximum absolute atomic E-state index is 6.33. The third-order valence-electron chi connectivity index (χ3n) is 3.89. The number of fused-ring (bicyclic) bond motifs is 2. The van der Waals surface area contributed by atoms with Crippen molar-refractivity contribution in [1.82, 2.24) is 0 Å². The standard InChI is InChI=1S/C13H15Cl2N/c14-7-9-2-4-13(12(15)6-9)16-8-10-1-3-11(16)5-10/h2,4,6,10-11H,1,3,5,7-8H2. The third kappa shape index (κ3) is 1.70. The predicted molar refractivity (Wildman–Crippen MR) is 69.5 cm³/mol. The highest BCUT2D eigenvalue weighted by atomic mass is 35.5. The molecule has 2 bridgehead atoms. The molecule has 0 aromatic heterocycles. The lowest BCUT2D eigenvalue weighted by Crippen LogP contribution is -2.31. The first kappa shape index (κ1) is 10.7. The number of hydrogen-bond acceptors (Lipinski definition) is 1. The molecule has 0 spiro atoms. The number of anilines is 1. The molecular formula is C13H15Cl2N. The minimum absolute atomic E-state index is 0.534. The average molecular weight is 256 g/mol. The number of nitrogens with zero attached hydrogens (tertiary/aromatic N) is 1. The summed E-state index contributed by atoms with van der Waals surface area (Å²) in [6, 6.07) is 6.93. The molecule has 1 heterocycles. The van der Waals surface area contributed by atoms with E-state index in [1.54, 1.807) is 0 Å². The van der Waals surface area contributed by atoms with Crippen molar-refractivity contribution in [1.29, 1.82) is 0 Å². The van der Waals surface area contributed by atoms with E-state index in [-0.39, 0.29) is 0 Å². The van der Waals surface area contributed by atoms with Gasteiger partial charge in [-0.15, -0.1) is 11.6 Å². The van der Waals surface area contributed by atoms with Gasteiger partial charge in [0.05, 0.1) is 10.7 Å². The second kappa shape index (κ2) is 4.12. The first-order valence-electron chi connectivity index (χ1n) is 5.89. The number of piperidine rings is 1. The zero-order valence-corrected chi connectivity index (χ0v) is 10.6. The van der Waals surface area contributed by atoms with Crippen LogP contribution in [0.5, 0.6) is 0 Å². The Morgan fingerprint density at radius 3 is 2.75 bits per heavy atom. The van der Waals surface area contributed by atoms with E-state index < -0.39 is 0 Å². The summed E-state index contributed by atoms with van der Waals surface area (Å²) in [7, 11) is 0. The van der Waals surface area contributed by atoms with Crippen molar-refractivity contribution in [2.45, 2.75) is 31.2 Å². The summed E-state index contributed by atoms with van der Waals surface area (Å²) in [4.78, 5) is 2.48. The lowest BCUT2D eigenvalue weighted by molar-refractivity contribution is 0.553. The summed E-state index contributed by atoms with van der Waals surface area (Å²) in [6.07, 6.45) is 4.09. The van der Waals surface area contributed by atoms with Crippen molar-refractivity contribution in [3.8, 4) is 0 Å². The van der Waals surface area contributed by atoms with Crippen LogP contribution in [-0.4, -0.2) is 12.6 Å². The summed E-state index contributed by atoms with van der Waals surface area (Å²) in [5.74, 6) is 1.43. The number of halogens is 2. The molecule has 86 valence electrons. The largest absolute Gasteiger partial charge is 0.367 e. The van der Waals surface area contributed by atoms with Crippen LogP contribution in [0.15, 0.2) is 18.2 Å². The molecule has 0 amide bonds. The molecule has 1 aliphatic carbocycles. The van der Waals surface area contributed by atoms with Crippen molar-refractivity contribution in [2.24, 2.45) is 5.92 Å². The average Bonchev–Trinajstić information content (AvgIpc) is 2.90. The SMILES string of the molecule is ClCc1ccc(N2CC3CCC2C3)c(Cl)c1. The van der Waals surface area contributed by atoms with Gasteiger partial charge in [0.15, 0.2) is 0 Å². The Morgan fingerprint density at radius 2 is 2.19 bits per heavy atom. The van der Waals surface area contributed by atoms with E-state index in [0.717, 1.165) is 22.5 Å². The highest BCUT2D eigenvalue weighted by Gasteiger charge is 2.38. The van der Waals surface area contributed by atoms with Gasteiger partial charge in [0, 0.05) is 18.5 Å². The quantitative estimate of drug-likeness (QED) is 0.721. The van der Waals surface area contributed by atoms with Crippen molar-refractivity contribution in [3.05, 3.63) is 28.8 Å². The zero-order valence-electron chi connectivity index (χ0n) is 9.13. The monoisotopic (exact) mass is 255 g/mol. The topological polar surface area (TPSA) is 3.24 Å². The lowest BCUT2D eigenvalue weighted by Gasteiger charge is -2.30. The molecule has 2 aliphatic rings. The van der Waals surface area contributed by atoms with Gasteiger partial charge in [0.2, 0.25) is 0 Å². The number of rotatable bonds is 2. The molecule has 0 radical (unpaired) electrons. The number of benzene rings is 1. The van der Waals surface area contributed by atoms with Crippen LogP contribution in [0.1, 0.15) is 24.8 Å². The molecule has 3 rings (SSSR count). The summed E-state index contributed by atoms with van der Waals surface area (Å²) in [6.45, 7) is 1.19. The minimum Gasteiger partial charge on any atom is -0.367 e. The molecule has 2 atom stereocenters. The van der Waals surface area contributed by atoms with Crippen LogP contribution in [0.25, 0.3) is 0 Å². The number of hydrogen-bond donors (Lipinski definition) is 0. The number of alkyl halides is 1. The fraction of sp³-hybridized carbons (Fsp3) is 0.538. The molecule has 3 heteroatoms. The molecule has 16 heavy (non-hydrogen) atoms. The normalized spacial score (nSPS) is 27.8. The van der Waals surface area contributed by atoms with Crippen LogP contribution >= 0.6 is 23.2 Å². The van der Waals surface area contributed by atoms with Gasteiger partial charge in [-0.05, 0) is 42.9 Å². The molecular weight excluding hydrogens is 241 g/mol. The molecule has 1 aromatic rings. The van der Waals surface area contributed by atoms with Crippen molar-refractivity contribution < 1.29 is 0 Å². The van der Waals surface area contributed by atoms with E-state index in [9.17, 15) is 0 Å². The Bertz CT molecular complexity index is 405. The molecule has 2 unspecified atom stereocenters. The van der Waals surface area contributed by atoms with Crippen LogP contribution in [0, 0.1) is 5.92 Å². The van der Waals surface area contributed by atoms with Crippen LogP contribution < -0.4 is 4.90 Å². The Balaban J connectivity index is 1.89. The summed E-state index contributed by atoms with van der Waals surface area (Å²) >= 11 is 12.1. The van der Waals surface area contributed by atoms with E-state index in [1.807, 2.05) is 6.07 Å². The molecule has 1 nitrogen and oxygen atoms in total. The fourth-order valence-corrected chi connectivity index (χ4v) is 3.56. The van der Waals surface area contributed by atoms with Gasteiger partial charge in [0.25, 0.3) is 0 Å². The Morgan fingerprint density at radius 1 is 1.31 bits per heavy atom. The fourth-order valence-electron chi connectivity index (χ4n) is 3.09. The van der Waals surface area contributed by atoms with Crippen molar-refractivity contribution in [3.63, 3.8) is 0 Å². The van der Waals surface area contributed by atoms with Gasteiger partial charge in [-0.1, -0.05) is 17.7 Å². The first-order valence-corrected chi connectivity index (χ1v) is 6.80. The summed E-state index contributed by atoms with van der Waals surface area (Å²) in [5.41, 5.74) is 2.29. The predicted octanol–water partition coefficient (Wildman–Crippen LogP) is 4.07. The second-order valence-electron chi connectivity index (χ2n) is 4.90. The van der Waals surface area contributed by atoms with Gasteiger partial charge in [-0.2, -0.15) is 0 Å². The smallest absolute Gasteiger partial charge is 0.0642 e.